The van der Waals surface area contributed by atoms with E-state index in [2.05, 4.69) is 0 Å². The maximum Gasteiger partial charge on any atom is 0.197 e. The second kappa shape index (κ2) is 6.02. The molecule has 104 valence electrons. The number of ketones is 1. The van der Waals surface area contributed by atoms with Crippen molar-refractivity contribution in [3.63, 3.8) is 0 Å². The summed E-state index contributed by atoms with van der Waals surface area (Å²) in [5.74, 6) is -0.814. The van der Waals surface area contributed by atoms with Crippen LogP contribution in [0.5, 0.6) is 0 Å². The molecule has 1 aromatic rings. The molecule has 0 radical (unpaired) electrons. The molecule has 0 amide bonds. The Hall–Kier alpha value is -0.930. The molecule has 2 nitrogen and oxygen atoms in total. The van der Waals surface area contributed by atoms with Crippen molar-refractivity contribution in [1.82, 2.24) is 0 Å². The molecule has 1 aromatic carbocycles. The van der Waals surface area contributed by atoms with Gasteiger partial charge in [-0.15, -0.1) is 0 Å². The fourth-order valence-corrected chi connectivity index (χ4v) is 2.91. The number of Topliss-reactive ketones (excluding diaryl/α,β-unsaturated/α-hetero) is 1. The Kier molecular flexibility index (Phi) is 4.58. The zero-order valence-electron chi connectivity index (χ0n) is 11.0. The van der Waals surface area contributed by atoms with Crippen LogP contribution in [0.15, 0.2) is 18.2 Å². The summed E-state index contributed by atoms with van der Waals surface area (Å²) >= 11 is 5.72. The molecule has 0 saturated heterocycles. The minimum absolute atomic E-state index is 0.0831. The highest BCUT2D eigenvalue weighted by atomic mass is 35.5. The largest absolute Gasteiger partial charge is 0.367 e. The van der Waals surface area contributed by atoms with Gasteiger partial charge >= 0.3 is 0 Å². The summed E-state index contributed by atoms with van der Waals surface area (Å²) in [5.41, 5.74) is -0.762. The van der Waals surface area contributed by atoms with Gasteiger partial charge in [-0.25, -0.2) is 4.39 Å². The molecule has 19 heavy (non-hydrogen) atoms. The molecule has 1 saturated carbocycles. The van der Waals surface area contributed by atoms with E-state index < -0.39 is 11.4 Å². The highest BCUT2D eigenvalue weighted by molar-refractivity contribution is 6.30. The highest BCUT2D eigenvalue weighted by Crippen LogP contribution is 2.35. The van der Waals surface area contributed by atoms with Crippen LogP contribution >= 0.6 is 11.6 Å². The van der Waals surface area contributed by atoms with Crippen LogP contribution in [0, 0.1) is 5.82 Å². The maximum atomic E-state index is 13.9. The van der Waals surface area contributed by atoms with Crippen LogP contribution in [-0.4, -0.2) is 18.0 Å². The molecule has 0 spiro atoms. The maximum absolute atomic E-state index is 13.9. The fourth-order valence-electron chi connectivity index (χ4n) is 2.76. The van der Waals surface area contributed by atoms with Crippen LogP contribution in [0.4, 0.5) is 4.39 Å². The monoisotopic (exact) mass is 284 g/mol. The second-order valence-corrected chi connectivity index (χ2v) is 5.38. The number of hydrogen-bond donors (Lipinski definition) is 0. The molecule has 0 aromatic heterocycles. The zero-order valence-corrected chi connectivity index (χ0v) is 11.8. The lowest BCUT2D eigenvalue weighted by Gasteiger charge is -2.35. The van der Waals surface area contributed by atoms with Crippen molar-refractivity contribution in [2.45, 2.75) is 44.6 Å². The number of ether oxygens (including phenoxy) is 1. The SMILES string of the molecule is CCOC1(C(=O)c2ccc(Cl)cc2F)CCCCC1. The average Bonchev–Trinajstić information content (AvgIpc) is 2.39. The van der Waals surface area contributed by atoms with Gasteiger partial charge in [-0.2, -0.15) is 0 Å². The third-order valence-corrected chi connectivity index (χ3v) is 3.91. The van der Waals surface area contributed by atoms with Crippen LogP contribution in [0.25, 0.3) is 0 Å². The van der Waals surface area contributed by atoms with Gasteiger partial charge in [0.15, 0.2) is 5.78 Å². The topological polar surface area (TPSA) is 26.3 Å². The summed E-state index contributed by atoms with van der Waals surface area (Å²) in [6.07, 6.45) is 4.33. The molecule has 0 N–H and O–H groups in total. The van der Waals surface area contributed by atoms with E-state index in [9.17, 15) is 9.18 Å². The molecule has 1 aliphatic carbocycles. The van der Waals surface area contributed by atoms with Gasteiger partial charge in [0.1, 0.15) is 11.4 Å². The molecule has 4 heteroatoms. The van der Waals surface area contributed by atoms with Crippen LogP contribution in [-0.2, 0) is 4.74 Å². The minimum Gasteiger partial charge on any atom is -0.367 e. The number of hydrogen-bond acceptors (Lipinski definition) is 2. The minimum atomic E-state index is -0.846. The summed E-state index contributed by atoms with van der Waals surface area (Å²) in [5, 5.41) is 0.295. The summed E-state index contributed by atoms with van der Waals surface area (Å²) in [7, 11) is 0. The third kappa shape index (κ3) is 2.98. The Morgan fingerprint density at radius 3 is 2.63 bits per heavy atom. The number of rotatable bonds is 4. The lowest BCUT2D eigenvalue weighted by molar-refractivity contribution is -0.0413. The van der Waals surface area contributed by atoms with E-state index in [1.807, 2.05) is 6.92 Å². The first-order chi connectivity index (χ1) is 9.09. The number of carbonyl (C=O) groups excluding carboxylic acids is 1. The van der Waals surface area contributed by atoms with Gasteiger partial charge in [-0.1, -0.05) is 30.9 Å². The van der Waals surface area contributed by atoms with E-state index in [0.29, 0.717) is 24.5 Å². The van der Waals surface area contributed by atoms with Crippen molar-refractivity contribution in [1.29, 1.82) is 0 Å². The van der Waals surface area contributed by atoms with Crippen molar-refractivity contribution >= 4 is 17.4 Å². The van der Waals surface area contributed by atoms with Crippen molar-refractivity contribution in [3.8, 4) is 0 Å². The molecule has 1 fully saturated rings. The Morgan fingerprint density at radius 1 is 1.37 bits per heavy atom. The molecular weight excluding hydrogens is 267 g/mol. The van der Waals surface area contributed by atoms with Crippen molar-refractivity contribution < 1.29 is 13.9 Å². The summed E-state index contributed by atoms with van der Waals surface area (Å²) in [6.45, 7) is 2.32. The quantitative estimate of drug-likeness (QED) is 0.766. The van der Waals surface area contributed by atoms with Crippen LogP contribution < -0.4 is 0 Å². The normalized spacial score (nSPS) is 18.3. The third-order valence-electron chi connectivity index (χ3n) is 3.67. The van der Waals surface area contributed by atoms with Crippen molar-refractivity contribution in [3.05, 3.63) is 34.6 Å². The van der Waals surface area contributed by atoms with E-state index in [-0.39, 0.29) is 11.3 Å². The molecule has 2 rings (SSSR count). The van der Waals surface area contributed by atoms with Crippen molar-refractivity contribution in [2.75, 3.05) is 6.61 Å². The first-order valence-corrected chi connectivity index (χ1v) is 7.11. The smallest absolute Gasteiger partial charge is 0.197 e. The van der Waals surface area contributed by atoms with Gasteiger partial charge in [0, 0.05) is 11.6 Å². The molecule has 1 aliphatic rings. The Bertz CT molecular complexity index is 462. The predicted molar refractivity (Wildman–Crippen MR) is 73.2 cm³/mol. The summed E-state index contributed by atoms with van der Waals surface area (Å²) in [6, 6.07) is 4.17. The van der Waals surface area contributed by atoms with Crippen LogP contribution in [0.1, 0.15) is 49.4 Å². The van der Waals surface area contributed by atoms with Gasteiger partial charge in [-0.3, -0.25) is 4.79 Å². The van der Waals surface area contributed by atoms with Gasteiger partial charge in [0.25, 0.3) is 0 Å². The van der Waals surface area contributed by atoms with E-state index in [0.717, 1.165) is 19.3 Å². The van der Waals surface area contributed by atoms with Crippen LogP contribution in [0.3, 0.4) is 0 Å². The second-order valence-electron chi connectivity index (χ2n) is 4.94. The standard InChI is InChI=1S/C15H18ClFO2/c1-2-19-15(8-4-3-5-9-15)14(18)12-7-6-11(16)10-13(12)17/h6-7,10H,2-5,8-9H2,1H3. The van der Waals surface area contributed by atoms with E-state index in [1.165, 1.54) is 12.1 Å². The summed E-state index contributed by atoms with van der Waals surface area (Å²) < 4.78 is 19.6. The van der Waals surface area contributed by atoms with Gasteiger partial charge in [-0.05, 0) is 38.0 Å². The predicted octanol–water partition coefficient (Wildman–Crippen LogP) is 4.40. The fraction of sp³-hybridized carbons (Fsp3) is 0.533. The Balaban J connectivity index is 2.33. The van der Waals surface area contributed by atoms with E-state index in [4.69, 9.17) is 16.3 Å². The van der Waals surface area contributed by atoms with E-state index in [1.54, 1.807) is 6.07 Å². The number of halogens is 2. The van der Waals surface area contributed by atoms with E-state index >= 15 is 0 Å². The molecule has 0 bridgehead atoms. The Morgan fingerprint density at radius 2 is 2.05 bits per heavy atom. The summed E-state index contributed by atoms with van der Waals surface area (Å²) in [4.78, 5) is 12.6. The number of benzene rings is 1. The molecular formula is C15H18ClFO2. The lowest BCUT2D eigenvalue weighted by Crippen LogP contribution is -2.43. The molecule has 0 unspecified atom stereocenters. The molecule has 0 aliphatic heterocycles. The first-order valence-electron chi connectivity index (χ1n) is 6.73. The number of carbonyl (C=O) groups is 1. The molecule has 0 heterocycles. The highest BCUT2D eigenvalue weighted by Gasteiger charge is 2.41. The zero-order chi connectivity index (χ0) is 13.9. The Labute approximate surface area is 117 Å². The first kappa shape index (κ1) is 14.5. The van der Waals surface area contributed by atoms with Gasteiger partial charge in [0.2, 0.25) is 0 Å². The van der Waals surface area contributed by atoms with Crippen LogP contribution in [0.2, 0.25) is 5.02 Å². The lowest BCUT2D eigenvalue weighted by atomic mass is 9.79. The van der Waals surface area contributed by atoms with Gasteiger partial charge < -0.3 is 4.74 Å². The average molecular weight is 285 g/mol. The van der Waals surface area contributed by atoms with Crippen molar-refractivity contribution in [2.24, 2.45) is 0 Å². The molecule has 0 atom stereocenters. The van der Waals surface area contributed by atoms with Gasteiger partial charge in [0.05, 0.1) is 5.56 Å².